The largest absolute Gasteiger partial charge is 0.499 e. The molecular formula is C18H38O6Si. The van der Waals surface area contributed by atoms with E-state index in [1.165, 1.54) is 6.26 Å². The van der Waals surface area contributed by atoms with Crippen molar-refractivity contribution in [1.82, 2.24) is 0 Å². The van der Waals surface area contributed by atoms with Crippen molar-refractivity contribution in [1.29, 1.82) is 0 Å². The van der Waals surface area contributed by atoms with Crippen LogP contribution in [0.5, 0.6) is 0 Å². The maximum atomic E-state index is 6.04. The fraction of sp³-hybridized carbons (Fsp3) is 0.889. The van der Waals surface area contributed by atoms with Crippen LogP contribution in [0.15, 0.2) is 12.8 Å². The van der Waals surface area contributed by atoms with Crippen LogP contribution in [0.2, 0.25) is 18.1 Å². The van der Waals surface area contributed by atoms with E-state index in [1.54, 1.807) is 0 Å². The Kier molecular flexibility index (Phi) is 14.4. The molecule has 0 aliphatic rings. The van der Waals surface area contributed by atoms with E-state index >= 15 is 0 Å². The Hall–Kier alpha value is -0.443. The van der Waals surface area contributed by atoms with Gasteiger partial charge < -0.3 is 28.1 Å². The zero-order chi connectivity index (χ0) is 19.0. The molecule has 0 saturated heterocycles. The molecular weight excluding hydrogens is 340 g/mol. The highest BCUT2D eigenvalue weighted by atomic mass is 28.4. The monoisotopic (exact) mass is 378 g/mol. The summed E-state index contributed by atoms with van der Waals surface area (Å²) >= 11 is 0. The van der Waals surface area contributed by atoms with E-state index in [-0.39, 0.29) is 5.04 Å². The Labute approximate surface area is 154 Å². The highest BCUT2D eigenvalue weighted by Crippen LogP contribution is 2.36. The molecule has 0 radical (unpaired) electrons. The fourth-order valence-electron chi connectivity index (χ4n) is 1.52. The number of rotatable bonds is 17. The van der Waals surface area contributed by atoms with E-state index in [2.05, 4.69) is 40.4 Å². The Morgan fingerprint density at radius 1 is 0.680 bits per heavy atom. The van der Waals surface area contributed by atoms with Gasteiger partial charge in [-0.1, -0.05) is 27.4 Å². The predicted molar refractivity (Wildman–Crippen MR) is 103 cm³/mol. The van der Waals surface area contributed by atoms with Crippen molar-refractivity contribution in [3.63, 3.8) is 0 Å². The van der Waals surface area contributed by atoms with Gasteiger partial charge >= 0.3 is 0 Å². The van der Waals surface area contributed by atoms with E-state index < -0.39 is 8.32 Å². The van der Waals surface area contributed by atoms with Gasteiger partial charge in [0.05, 0.1) is 65.7 Å². The summed E-state index contributed by atoms with van der Waals surface area (Å²) in [5, 5.41) is 0.237. The van der Waals surface area contributed by atoms with Gasteiger partial charge in [0.15, 0.2) is 8.32 Å². The van der Waals surface area contributed by atoms with Crippen molar-refractivity contribution in [2.45, 2.75) is 38.9 Å². The molecule has 0 aromatic heterocycles. The van der Waals surface area contributed by atoms with Crippen LogP contribution < -0.4 is 0 Å². The molecule has 6 nitrogen and oxygen atoms in total. The second-order valence-electron chi connectivity index (χ2n) is 7.10. The summed E-state index contributed by atoms with van der Waals surface area (Å²) < 4.78 is 32.6. The quantitative estimate of drug-likeness (QED) is 0.220. The van der Waals surface area contributed by atoms with Crippen LogP contribution in [0.3, 0.4) is 0 Å². The van der Waals surface area contributed by atoms with E-state index in [9.17, 15) is 0 Å². The van der Waals surface area contributed by atoms with Crippen molar-refractivity contribution < 1.29 is 28.1 Å². The van der Waals surface area contributed by atoms with E-state index in [0.29, 0.717) is 66.1 Å². The van der Waals surface area contributed by atoms with Gasteiger partial charge in [-0.25, -0.2) is 0 Å². The first-order valence-electron chi connectivity index (χ1n) is 8.98. The lowest BCUT2D eigenvalue weighted by molar-refractivity contribution is -0.00869. The minimum absolute atomic E-state index is 0.237. The summed E-state index contributed by atoms with van der Waals surface area (Å²) in [6, 6.07) is 0. The fourth-order valence-corrected chi connectivity index (χ4v) is 2.55. The van der Waals surface area contributed by atoms with Gasteiger partial charge in [0.2, 0.25) is 0 Å². The van der Waals surface area contributed by atoms with Gasteiger partial charge in [-0.3, -0.25) is 0 Å². The summed E-state index contributed by atoms with van der Waals surface area (Å²) in [4.78, 5) is 0. The van der Waals surface area contributed by atoms with Gasteiger partial charge in [0, 0.05) is 0 Å². The van der Waals surface area contributed by atoms with Gasteiger partial charge in [0.1, 0.15) is 6.61 Å². The average Bonchev–Trinajstić information content (AvgIpc) is 2.53. The van der Waals surface area contributed by atoms with Crippen LogP contribution >= 0.6 is 0 Å². The molecule has 0 fully saturated rings. The molecule has 0 aromatic rings. The standard InChI is InChI=1S/C18H38O6Si/c1-7-19-8-9-20-10-11-21-12-13-22-14-15-23-16-17-24-25(5,6)18(2,3)4/h7H,1,8-17H2,2-6H3. The van der Waals surface area contributed by atoms with Crippen molar-refractivity contribution in [2.24, 2.45) is 0 Å². The Balaban J connectivity index is 3.23. The van der Waals surface area contributed by atoms with Gasteiger partial charge in [-0.2, -0.15) is 0 Å². The summed E-state index contributed by atoms with van der Waals surface area (Å²) in [7, 11) is -1.66. The maximum Gasteiger partial charge on any atom is 0.192 e. The highest BCUT2D eigenvalue weighted by Gasteiger charge is 2.36. The van der Waals surface area contributed by atoms with Crippen LogP contribution in [0.25, 0.3) is 0 Å². The zero-order valence-corrected chi connectivity index (χ0v) is 17.8. The molecule has 150 valence electrons. The lowest BCUT2D eigenvalue weighted by atomic mass is 10.2. The minimum Gasteiger partial charge on any atom is -0.499 e. The normalized spacial score (nSPS) is 12.4. The van der Waals surface area contributed by atoms with Crippen molar-refractivity contribution in [2.75, 3.05) is 66.1 Å². The molecule has 0 bridgehead atoms. The average molecular weight is 379 g/mol. The highest BCUT2D eigenvalue weighted by molar-refractivity contribution is 6.74. The minimum atomic E-state index is -1.66. The molecule has 7 heteroatoms. The van der Waals surface area contributed by atoms with Crippen LogP contribution in [-0.4, -0.2) is 74.4 Å². The summed E-state index contributed by atoms with van der Waals surface area (Å²) in [5.74, 6) is 0. The van der Waals surface area contributed by atoms with Gasteiger partial charge in [-0.15, -0.1) is 0 Å². The maximum absolute atomic E-state index is 6.04. The van der Waals surface area contributed by atoms with Gasteiger partial charge in [0.25, 0.3) is 0 Å². The third-order valence-electron chi connectivity index (χ3n) is 4.08. The van der Waals surface area contributed by atoms with Crippen molar-refractivity contribution in [3.8, 4) is 0 Å². The molecule has 0 unspecified atom stereocenters. The summed E-state index contributed by atoms with van der Waals surface area (Å²) in [6.07, 6.45) is 1.41. The number of ether oxygens (including phenoxy) is 5. The lowest BCUT2D eigenvalue weighted by Gasteiger charge is -2.36. The first kappa shape index (κ1) is 24.6. The van der Waals surface area contributed by atoms with Crippen molar-refractivity contribution >= 4 is 8.32 Å². The molecule has 0 spiro atoms. The topological polar surface area (TPSA) is 55.4 Å². The Bertz CT molecular complexity index is 317. The van der Waals surface area contributed by atoms with E-state index in [0.717, 1.165) is 0 Å². The third kappa shape index (κ3) is 14.4. The van der Waals surface area contributed by atoms with Gasteiger partial charge in [-0.05, 0) is 18.1 Å². The number of hydrogen-bond donors (Lipinski definition) is 0. The Morgan fingerprint density at radius 3 is 1.40 bits per heavy atom. The van der Waals surface area contributed by atoms with E-state index in [4.69, 9.17) is 28.1 Å². The first-order chi connectivity index (χ1) is 11.8. The van der Waals surface area contributed by atoms with E-state index in [1.807, 2.05) is 0 Å². The molecule has 0 saturated carbocycles. The van der Waals surface area contributed by atoms with Crippen LogP contribution in [0.4, 0.5) is 0 Å². The lowest BCUT2D eigenvalue weighted by Crippen LogP contribution is -2.41. The summed E-state index contributed by atoms with van der Waals surface area (Å²) in [6.45, 7) is 20.3. The van der Waals surface area contributed by atoms with Crippen LogP contribution in [0, 0.1) is 0 Å². The number of hydrogen-bond acceptors (Lipinski definition) is 6. The molecule has 0 N–H and O–H groups in total. The second kappa shape index (κ2) is 14.7. The molecule has 0 heterocycles. The molecule has 0 aliphatic carbocycles. The first-order valence-corrected chi connectivity index (χ1v) is 11.9. The summed E-state index contributed by atoms with van der Waals surface area (Å²) in [5.41, 5.74) is 0. The third-order valence-corrected chi connectivity index (χ3v) is 8.61. The zero-order valence-electron chi connectivity index (χ0n) is 16.8. The van der Waals surface area contributed by atoms with Crippen molar-refractivity contribution in [3.05, 3.63) is 12.8 Å². The SMILES string of the molecule is C=COCCOCCOCCOCCOCCO[Si](C)(C)C(C)(C)C. The Morgan fingerprint density at radius 2 is 1.04 bits per heavy atom. The molecule has 25 heavy (non-hydrogen) atoms. The molecule has 0 aromatic carbocycles. The molecule has 0 rings (SSSR count). The van der Waals surface area contributed by atoms with Crippen LogP contribution in [0.1, 0.15) is 20.8 Å². The molecule has 0 aliphatic heterocycles. The van der Waals surface area contributed by atoms with Crippen LogP contribution in [-0.2, 0) is 28.1 Å². The predicted octanol–water partition coefficient (Wildman–Crippen LogP) is 3.23. The molecule has 0 amide bonds. The second-order valence-corrected chi connectivity index (χ2v) is 11.9. The smallest absolute Gasteiger partial charge is 0.192 e. The molecule has 0 atom stereocenters.